The highest BCUT2D eigenvalue weighted by Crippen LogP contribution is 2.21. The summed E-state index contributed by atoms with van der Waals surface area (Å²) in [4.78, 5) is 16.8. The van der Waals surface area contributed by atoms with Gasteiger partial charge in [-0.05, 0) is 36.8 Å². The zero-order chi connectivity index (χ0) is 16.2. The first-order valence-corrected chi connectivity index (χ1v) is 7.79. The number of carbonyl (C=O) groups is 1. The number of benzene rings is 2. The predicted molar refractivity (Wildman–Crippen MR) is 90.5 cm³/mol. The molecule has 0 radical (unpaired) electrons. The summed E-state index contributed by atoms with van der Waals surface area (Å²) in [5, 5.41) is 8.96. The van der Waals surface area contributed by atoms with Crippen LogP contribution in [0.2, 0.25) is 0 Å². The summed E-state index contributed by atoms with van der Waals surface area (Å²) in [5.41, 5.74) is 3.61. The number of amides is 1. The fraction of sp³-hybridized carbons (Fsp3) is 0.263. The van der Waals surface area contributed by atoms with Gasteiger partial charge in [0, 0.05) is 37.4 Å². The van der Waals surface area contributed by atoms with Gasteiger partial charge in [-0.25, -0.2) is 0 Å². The van der Waals surface area contributed by atoms with Crippen molar-refractivity contribution in [3.63, 3.8) is 0 Å². The smallest absolute Gasteiger partial charge is 0.254 e. The van der Waals surface area contributed by atoms with Crippen LogP contribution < -0.4 is 4.90 Å². The highest BCUT2D eigenvalue weighted by atomic mass is 16.2. The first-order valence-electron chi connectivity index (χ1n) is 7.79. The molecular formula is C19H19N3O. The normalized spacial score (nSPS) is 14.4. The van der Waals surface area contributed by atoms with Crippen molar-refractivity contribution in [2.24, 2.45) is 0 Å². The lowest BCUT2D eigenvalue weighted by Gasteiger charge is -2.36. The van der Waals surface area contributed by atoms with Crippen molar-refractivity contribution < 1.29 is 4.79 Å². The zero-order valence-electron chi connectivity index (χ0n) is 13.2. The van der Waals surface area contributed by atoms with Crippen molar-refractivity contribution >= 4 is 11.6 Å². The number of nitriles is 1. The van der Waals surface area contributed by atoms with E-state index >= 15 is 0 Å². The summed E-state index contributed by atoms with van der Waals surface area (Å²) in [6.45, 7) is 5.16. The van der Waals surface area contributed by atoms with Crippen LogP contribution in [-0.2, 0) is 0 Å². The molecule has 4 nitrogen and oxygen atoms in total. The summed E-state index contributed by atoms with van der Waals surface area (Å²) in [5.74, 6) is 0.00605. The summed E-state index contributed by atoms with van der Waals surface area (Å²) in [7, 11) is 0. The Labute approximate surface area is 136 Å². The van der Waals surface area contributed by atoms with E-state index in [2.05, 4.69) is 30.0 Å². The lowest BCUT2D eigenvalue weighted by atomic mass is 10.1. The SMILES string of the molecule is Cc1ccccc1N1CCN(C(=O)c2cccc(C#N)c2)CC1. The summed E-state index contributed by atoms with van der Waals surface area (Å²) >= 11 is 0. The Kier molecular flexibility index (Phi) is 4.29. The number of piperazine rings is 1. The minimum absolute atomic E-state index is 0.00605. The van der Waals surface area contributed by atoms with Gasteiger partial charge in [-0.3, -0.25) is 4.79 Å². The molecule has 2 aromatic rings. The van der Waals surface area contributed by atoms with Crippen molar-refractivity contribution in [1.29, 1.82) is 5.26 Å². The number of hydrogen-bond donors (Lipinski definition) is 0. The lowest BCUT2D eigenvalue weighted by molar-refractivity contribution is 0.0746. The van der Waals surface area contributed by atoms with Gasteiger partial charge in [0.15, 0.2) is 0 Å². The van der Waals surface area contributed by atoms with Gasteiger partial charge >= 0.3 is 0 Å². The predicted octanol–water partition coefficient (Wildman–Crippen LogP) is 2.83. The maximum atomic E-state index is 12.6. The van der Waals surface area contributed by atoms with E-state index in [-0.39, 0.29) is 5.91 Å². The van der Waals surface area contributed by atoms with Gasteiger partial charge in [0.25, 0.3) is 5.91 Å². The third-order valence-electron chi connectivity index (χ3n) is 4.26. The molecule has 3 rings (SSSR count). The fourth-order valence-electron chi connectivity index (χ4n) is 2.97. The van der Waals surface area contributed by atoms with Crippen LogP contribution in [0.25, 0.3) is 0 Å². The fourth-order valence-corrected chi connectivity index (χ4v) is 2.97. The molecule has 0 aromatic heterocycles. The second kappa shape index (κ2) is 6.53. The highest BCUT2D eigenvalue weighted by Gasteiger charge is 2.23. The molecule has 1 amide bonds. The van der Waals surface area contributed by atoms with E-state index in [4.69, 9.17) is 5.26 Å². The summed E-state index contributed by atoms with van der Waals surface area (Å²) in [6.07, 6.45) is 0. The van der Waals surface area contributed by atoms with E-state index in [0.717, 1.165) is 13.1 Å². The van der Waals surface area contributed by atoms with E-state index in [0.29, 0.717) is 24.2 Å². The molecule has 1 aliphatic rings. The molecule has 0 N–H and O–H groups in total. The third-order valence-corrected chi connectivity index (χ3v) is 4.26. The summed E-state index contributed by atoms with van der Waals surface area (Å²) < 4.78 is 0. The van der Waals surface area contributed by atoms with Crippen molar-refractivity contribution in [3.8, 4) is 6.07 Å². The van der Waals surface area contributed by atoms with Crippen molar-refractivity contribution in [2.45, 2.75) is 6.92 Å². The van der Waals surface area contributed by atoms with E-state index < -0.39 is 0 Å². The average Bonchev–Trinajstić information content (AvgIpc) is 2.62. The highest BCUT2D eigenvalue weighted by molar-refractivity contribution is 5.94. The summed E-state index contributed by atoms with van der Waals surface area (Å²) in [6, 6.07) is 17.3. The van der Waals surface area contributed by atoms with Crippen LogP contribution in [-0.4, -0.2) is 37.0 Å². The van der Waals surface area contributed by atoms with Crippen LogP contribution in [0, 0.1) is 18.3 Å². The number of anilines is 1. The van der Waals surface area contributed by atoms with Gasteiger partial charge in [0.05, 0.1) is 11.6 Å². The quantitative estimate of drug-likeness (QED) is 0.857. The monoisotopic (exact) mass is 305 g/mol. The Hall–Kier alpha value is -2.80. The molecule has 116 valence electrons. The van der Waals surface area contributed by atoms with Crippen LogP contribution in [0.15, 0.2) is 48.5 Å². The molecule has 23 heavy (non-hydrogen) atoms. The molecule has 0 aliphatic carbocycles. The largest absolute Gasteiger partial charge is 0.368 e. The van der Waals surface area contributed by atoms with E-state index in [9.17, 15) is 4.79 Å². The molecule has 1 aliphatic heterocycles. The number of aryl methyl sites for hydroxylation is 1. The van der Waals surface area contributed by atoms with Gasteiger partial charge < -0.3 is 9.80 Å². The van der Waals surface area contributed by atoms with Crippen LogP contribution in [0.1, 0.15) is 21.5 Å². The molecule has 0 unspecified atom stereocenters. The standard InChI is InChI=1S/C19H19N3O/c1-15-5-2-3-8-18(15)21-9-11-22(12-10-21)19(23)17-7-4-6-16(13-17)14-20/h2-8,13H,9-12H2,1H3. The number of nitrogens with zero attached hydrogens (tertiary/aromatic N) is 3. The van der Waals surface area contributed by atoms with Crippen LogP contribution in [0.4, 0.5) is 5.69 Å². The Morgan fingerprint density at radius 3 is 2.48 bits per heavy atom. The lowest BCUT2D eigenvalue weighted by Crippen LogP contribution is -2.49. The molecular weight excluding hydrogens is 286 g/mol. The van der Waals surface area contributed by atoms with Crippen molar-refractivity contribution in [1.82, 2.24) is 4.90 Å². The Bertz CT molecular complexity index is 755. The molecule has 1 heterocycles. The Balaban J connectivity index is 1.68. The maximum Gasteiger partial charge on any atom is 0.254 e. The number of para-hydroxylation sites is 1. The number of rotatable bonds is 2. The number of carbonyl (C=O) groups excluding carboxylic acids is 1. The van der Waals surface area contributed by atoms with Crippen molar-refractivity contribution in [3.05, 3.63) is 65.2 Å². The minimum Gasteiger partial charge on any atom is -0.368 e. The van der Waals surface area contributed by atoms with Gasteiger partial charge in [-0.1, -0.05) is 24.3 Å². The average molecular weight is 305 g/mol. The molecule has 0 bridgehead atoms. The van der Waals surface area contributed by atoms with Crippen LogP contribution in [0.5, 0.6) is 0 Å². The Morgan fingerprint density at radius 2 is 1.78 bits per heavy atom. The Morgan fingerprint density at radius 1 is 1.04 bits per heavy atom. The molecule has 0 spiro atoms. The molecule has 0 saturated carbocycles. The first kappa shape index (κ1) is 15.1. The van der Waals surface area contributed by atoms with Crippen LogP contribution in [0.3, 0.4) is 0 Å². The van der Waals surface area contributed by atoms with E-state index in [1.54, 1.807) is 24.3 Å². The van der Waals surface area contributed by atoms with E-state index in [1.807, 2.05) is 17.0 Å². The topological polar surface area (TPSA) is 47.3 Å². The van der Waals surface area contributed by atoms with Gasteiger partial charge in [0.2, 0.25) is 0 Å². The second-order valence-electron chi connectivity index (χ2n) is 5.76. The zero-order valence-corrected chi connectivity index (χ0v) is 13.2. The minimum atomic E-state index is 0.00605. The van der Waals surface area contributed by atoms with Gasteiger partial charge in [-0.15, -0.1) is 0 Å². The molecule has 0 atom stereocenters. The number of hydrogen-bond acceptors (Lipinski definition) is 3. The molecule has 4 heteroatoms. The first-order chi connectivity index (χ1) is 11.2. The molecule has 2 aromatic carbocycles. The second-order valence-corrected chi connectivity index (χ2v) is 5.76. The van der Waals surface area contributed by atoms with Gasteiger partial charge in [-0.2, -0.15) is 5.26 Å². The van der Waals surface area contributed by atoms with E-state index in [1.165, 1.54) is 11.3 Å². The van der Waals surface area contributed by atoms with Gasteiger partial charge in [0.1, 0.15) is 0 Å². The maximum absolute atomic E-state index is 12.6. The molecule has 1 saturated heterocycles. The van der Waals surface area contributed by atoms with Crippen molar-refractivity contribution in [2.75, 3.05) is 31.1 Å². The third kappa shape index (κ3) is 3.19. The van der Waals surface area contributed by atoms with Crippen LogP contribution >= 0.6 is 0 Å². The molecule has 1 fully saturated rings.